The van der Waals surface area contributed by atoms with Crippen molar-refractivity contribution >= 4 is 5.91 Å². The molecule has 0 radical (unpaired) electrons. The Morgan fingerprint density at radius 2 is 1.97 bits per heavy atom. The van der Waals surface area contributed by atoms with Crippen molar-refractivity contribution in [1.29, 1.82) is 0 Å². The molecule has 1 aromatic rings. The number of benzene rings is 1. The van der Waals surface area contributed by atoms with Crippen molar-refractivity contribution in [2.75, 3.05) is 39.4 Å². The largest absolute Gasteiger partial charge is 0.389 e. The topological polar surface area (TPSA) is 62.2 Å². The molecule has 2 aliphatic rings. The van der Waals surface area contributed by atoms with E-state index in [0.717, 1.165) is 37.1 Å². The first-order valence-corrected chi connectivity index (χ1v) is 11.4. The summed E-state index contributed by atoms with van der Waals surface area (Å²) in [6, 6.07) is 8.15. The summed E-state index contributed by atoms with van der Waals surface area (Å²) in [5.41, 5.74) is 1.91. The summed E-state index contributed by atoms with van der Waals surface area (Å²) in [4.78, 5) is 17.6. The Hall–Kier alpha value is -1.47. The van der Waals surface area contributed by atoms with Crippen LogP contribution in [-0.4, -0.2) is 84.6 Å². The number of aryl methyl sites for hydroxylation is 1. The monoisotopic (exact) mass is 418 g/mol. The molecule has 2 unspecified atom stereocenters. The first-order valence-electron chi connectivity index (χ1n) is 11.4. The van der Waals surface area contributed by atoms with Crippen molar-refractivity contribution in [3.63, 3.8) is 0 Å². The van der Waals surface area contributed by atoms with Gasteiger partial charge >= 0.3 is 0 Å². The highest BCUT2D eigenvalue weighted by Gasteiger charge is 2.32. The number of morpholine rings is 1. The minimum Gasteiger partial charge on any atom is -0.389 e. The van der Waals surface area contributed by atoms with E-state index in [2.05, 4.69) is 4.90 Å². The van der Waals surface area contributed by atoms with Gasteiger partial charge in [0.25, 0.3) is 5.91 Å². The number of rotatable bonds is 9. The Balaban J connectivity index is 1.60. The maximum absolute atomic E-state index is 13.3. The molecule has 1 aliphatic heterocycles. The normalized spacial score (nSPS) is 21.8. The van der Waals surface area contributed by atoms with E-state index < -0.39 is 6.10 Å². The van der Waals surface area contributed by atoms with Gasteiger partial charge in [-0.15, -0.1) is 0 Å². The summed E-state index contributed by atoms with van der Waals surface area (Å²) in [6.07, 6.45) is 4.07. The number of aliphatic hydroxyl groups is 1. The molecule has 2 fully saturated rings. The summed E-state index contributed by atoms with van der Waals surface area (Å²) in [6.45, 7) is 9.65. The van der Waals surface area contributed by atoms with Crippen molar-refractivity contribution < 1.29 is 19.4 Å². The standard InChI is InChI=1S/C24H38N2O4/c1-18(2)30-17-22(27)14-25-12-13-29-23(15-25)16-26(21-6-4-5-7-21)24(28)20-10-8-19(3)9-11-20/h8-11,18,21-23,27H,4-7,12-17H2,1-3H3. The van der Waals surface area contributed by atoms with Gasteiger partial charge < -0.3 is 19.5 Å². The smallest absolute Gasteiger partial charge is 0.254 e. The number of hydrogen-bond acceptors (Lipinski definition) is 5. The molecule has 168 valence electrons. The number of β-amino-alcohol motifs (C(OH)–C–C–N with tert-alkyl or cyclic N) is 1. The molecule has 2 atom stereocenters. The molecule has 1 aliphatic carbocycles. The van der Waals surface area contributed by atoms with Crippen LogP contribution in [0, 0.1) is 6.92 Å². The third-order valence-electron chi connectivity index (χ3n) is 6.04. The van der Waals surface area contributed by atoms with Crippen LogP contribution < -0.4 is 0 Å². The van der Waals surface area contributed by atoms with E-state index in [9.17, 15) is 9.90 Å². The van der Waals surface area contributed by atoms with E-state index in [1.807, 2.05) is 49.9 Å². The Labute approximate surface area is 181 Å². The number of aliphatic hydroxyl groups excluding tert-OH is 1. The van der Waals surface area contributed by atoms with Gasteiger partial charge in [-0.05, 0) is 45.7 Å². The van der Waals surface area contributed by atoms with Crippen LogP contribution in [0.5, 0.6) is 0 Å². The number of carbonyl (C=O) groups is 1. The van der Waals surface area contributed by atoms with Gasteiger partial charge in [0.15, 0.2) is 0 Å². The van der Waals surface area contributed by atoms with Crippen LogP contribution in [0.1, 0.15) is 55.5 Å². The molecule has 1 amide bonds. The van der Waals surface area contributed by atoms with Crippen molar-refractivity contribution in [2.24, 2.45) is 0 Å². The van der Waals surface area contributed by atoms with Crippen LogP contribution in [0.4, 0.5) is 0 Å². The van der Waals surface area contributed by atoms with Gasteiger partial charge in [-0.25, -0.2) is 0 Å². The highest BCUT2D eigenvalue weighted by atomic mass is 16.5. The minimum absolute atomic E-state index is 0.0352. The van der Waals surface area contributed by atoms with Crippen molar-refractivity contribution in [2.45, 2.75) is 70.8 Å². The van der Waals surface area contributed by atoms with Gasteiger partial charge in [0.2, 0.25) is 0 Å². The van der Waals surface area contributed by atoms with Gasteiger partial charge in [-0.1, -0.05) is 30.5 Å². The van der Waals surface area contributed by atoms with Gasteiger partial charge in [0.05, 0.1) is 31.5 Å². The van der Waals surface area contributed by atoms with Crippen LogP contribution in [0.2, 0.25) is 0 Å². The second-order valence-corrected chi connectivity index (χ2v) is 9.05. The zero-order valence-electron chi connectivity index (χ0n) is 18.8. The highest BCUT2D eigenvalue weighted by Crippen LogP contribution is 2.26. The van der Waals surface area contributed by atoms with Crippen LogP contribution >= 0.6 is 0 Å². The van der Waals surface area contributed by atoms with E-state index >= 15 is 0 Å². The Morgan fingerprint density at radius 3 is 2.63 bits per heavy atom. The second-order valence-electron chi connectivity index (χ2n) is 9.05. The lowest BCUT2D eigenvalue weighted by Crippen LogP contribution is -2.52. The molecular formula is C24H38N2O4. The third-order valence-corrected chi connectivity index (χ3v) is 6.04. The van der Waals surface area contributed by atoms with Gasteiger partial charge in [0.1, 0.15) is 0 Å². The maximum atomic E-state index is 13.3. The molecule has 0 aromatic heterocycles. The van der Waals surface area contributed by atoms with E-state index in [4.69, 9.17) is 9.47 Å². The molecule has 0 spiro atoms. The first-order chi connectivity index (χ1) is 14.4. The second kappa shape index (κ2) is 11.2. The number of carbonyl (C=O) groups excluding carboxylic acids is 1. The zero-order chi connectivity index (χ0) is 21.5. The Kier molecular flexibility index (Phi) is 8.69. The van der Waals surface area contributed by atoms with Crippen LogP contribution in [0.15, 0.2) is 24.3 Å². The molecule has 1 heterocycles. The van der Waals surface area contributed by atoms with Gasteiger partial charge in [-0.2, -0.15) is 0 Å². The molecule has 1 N–H and O–H groups in total. The van der Waals surface area contributed by atoms with E-state index in [-0.39, 0.29) is 18.1 Å². The summed E-state index contributed by atoms with van der Waals surface area (Å²) in [5, 5.41) is 10.3. The molecular weight excluding hydrogens is 380 g/mol. The van der Waals surface area contributed by atoms with Crippen LogP contribution in [0.25, 0.3) is 0 Å². The average molecular weight is 419 g/mol. The fourth-order valence-electron chi connectivity index (χ4n) is 4.41. The Bertz CT molecular complexity index is 658. The summed E-state index contributed by atoms with van der Waals surface area (Å²) >= 11 is 0. The molecule has 3 rings (SSSR count). The van der Waals surface area contributed by atoms with E-state index in [1.165, 1.54) is 12.8 Å². The van der Waals surface area contributed by atoms with E-state index in [0.29, 0.717) is 32.3 Å². The summed E-state index contributed by atoms with van der Waals surface area (Å²) in [7, 11) is 0. The van der Waals surface area contributed by atoms with Crippen molar-refractivity contribution in [3.8, 4) is 0 Å². The lowest BCUT2D eigenvalue weighted by Gasteiger charge is -2.38. The predicted octanol–water partition coefficient (Wildman–Crippen LogP) is 2.87. The van der Waals surface area contributed by atoms with Gasteiger partial charge in [-0.3, -0.25) is 9.69 Å². The molecule has 6 heteroatoms. The predicted molar refractivity (Wildman–Crippen MR) is 118 cm³/mol. The minimum atomic E-state index is -0.508. The number of nitrogens with zero attached hydrogens (tertiary/aromatic N) is 2. The van der Waals surface area contributed by atoms with Crippen LogP contribution in [-0.2, 0) is 9.47 Å². The lowest BCUT2D eigenvalue weighted by molar-refractivity contribution is -0.0649. The fraction of sp³-hybridized carbons (Fsp3) is 0.708. The summed E-state index contributed by atoms with van der Waals surface area (Å²) < 4.78 is 11.6. The SMILES string of the molecule is Cc1ccc(C(=O)N(CC2CN(CC(O)COC(C)C)CCO2)C2CCCC2)cc1. The molecule has 30 heavy (non-hydrogen) atoms. The zero-order valence-corrected chi connectivity index (χ0v) is 18.8. The third kappa shape index (κ3) is 6.77. The first kappa shape index (κ1) is 23.2. The molecule has 1 saturated heterocycles. The molecule has 0 bridgehead atoms. The molecule has 1 aromatic carbocycles. The van der Waals surface area contributed by atoms with Crippen LogP contribution in [0.3, 0.4) is 0 Å². The van der Waals surface area contributed by atoms with Gasteiger partial charge in [0, 0.05) is 37.8 Å². The fourth-order valence-corrected chi connectivity index (χ4v) is 4.41. The summed E-state index contributed by atoms with van der Waals surface area (Å²) in [5.74, 6) is 0.105. The number of hydrogen-bond donors (Lipinski definition) is 1. The Morgan fingerprint density at radius 1 is 1.27 bits per heavy atom. The van der Waals surface area contributed by atoms with Crippen molar-refractivity contribution in [3.05, 3.63) is 35.4 Å². The maximum Gasteiger partial charge on any atom is 0.254 e. The lowest BCUT2D eigenvalue weighted by atomic mass is 10.1. The average Bonchev–Trinajstić information content (AvgIpc) is 3.25. The van der Waals surface area contributed by atoms with Crippen molar-refractivity contribution in [1.82, 2.24) is 9.80 Å². The molecule has 6 nitrogen and oxygen atoms in total. The number of ether oxygens (including phenoxy) is 2. The molecule has 1 saturated carbocycles. The highest BCUT2D eigenvalue weighted by molar-refractivity contribution is 5.94. The van der Waals surface area contributed by atoms with E-state index in [1.54, 1.807) is 0 Å². The quantitative estimate of drug-likeness (QED) is 0.668. The number of amides is 1.